The molecule has 0 unspecified atom stereocenters. The number of hydrogen-bond donors (Lipinski definition) is 3. The van der Waals surface area contributed by atoms with Crippen molar-refractivity contribution >= 4 is 29.6 Å². The van der Waals surface area contributed by atoms with Gasteiger partial charge in [0, 0.05) is 12.7 Å². The van der Waals surface area contributed by atoms with Crippen LogP contribution in [0.2, 0.25) is 0 Å². The van der Waals surface area contributed by atoms with Crippen molar-refractivity contribution in [1.82, 2.24) is 4.90 Å². The number of carbonyl (C=O) groups is 4. The highest BCUT2D eigenvalue weighted by molar-refractivity contribution is 6.23. The van der Waals surface area contributed by atoms with Crippen molar-refractivity contribution in [3.8, 4) is 17.6 Å². The van der Waals surface area contributed by atoms with Gasteiger partial charge in [-0.1, -0.05) is 97.5 Å². The number of imide groups is 1. The number of benzene rings is 4. The number of methoxy groups -OCH3 is 1. The van der Waals surface area contributed by atoms with Crippen LogP contribution in [-0.2, 0) is 34.0 Å². The minimum atomic E-state index is -2.17. The Hall–Kier alpha value is -6.04. The van der Waals surface area contributed by atoms with E-state index in [0.29, 0.717) is 40.8 Å². The second kappa shape index (κ2) is 17.5. The van der Waals surface area contributed by atoms with Crippen LogP contribution in [0.15, 0.2) is 103 Å². The van der Waals surface area contributed by atoms with E-state index in [4.69, 9.17) is 18.9 Å². The molecule has 61 heavy (non-hydrogen) atoms. The Kier molecular flexibility index (Phi) is 12.0. The molecule has 3 heterocycles. The average Bonchev–Trinajstić information content (AvgIpc) is 3.61. The molecule has 316 valence electrons. The summed E-state index contributed by atoms with van der Waals surface area (Å²) in [7, 11) is 1.44. The predicted molar refractivity (Wildman–Crippen MR) is 221 cm³/mol. The van der Waals surface area contributed by atoms with Gasteiger partial charge in [-0.25, -0.2) is 9.69 Å². The van der Waals surface area contributed by atoms with Crippen molar-refractivity contribution < 1.29 is 53.4 Å². The number of ether oxygens (including phenoxy) is 4. The van der Waals surface area contributed by atoms with Gasteiger partial charge < -0.3 is 34.3 Å². The molecule has 4 aromatic carbocycles. The molecular weight excluding hydrogens is 781 g/mol. The number of carbonyl (C=O) groups excluding carboxylic acids is 3. The lowest BCUT2D eigenvalue weighted by Crippen LogP contribution is -2.53. The summed E-state index contributed by atoms with van der Waals surface area (Å²) in [5.74, 6) is 1.60. The third-order valence-corrected chi connectivity index (χ3v) is 12.3. The van der Waals surface area contributed by atoms with Crippen molar-refractivity contribution in [2.24, 2.45) is 5.92 Å². The molecule has 13 heteroatoms. The van der Waals surface area contributed by atoms with Crippen LogP contribution >= 0.6 is 0 Å². The first-order valence-corrected chi connectivity index (χ1v) is 20.7. The Balaban J connectivity index is 1.41. The lowest BCUT2D eigenvalue weighted by atomic mass is 9.65. The smallest absolute Gasteiger partial charge is 0.421 e. The van der Waals surface area contributed by atoms with Crippen LogP contribution in [0.4, 0.5) is 10.5 Å². The number of aliphatic hydroxyl groups is 2. The zero-order valence-electron chi connectivity index (χ0n) is 33.8. The maximum Gasteiger partial charge on any atom is 0.421 e. The molecule has 8 rings (SSSR count). The number of hydrogen-bond acceptors (Lipinski definition) is 11. The number of cyclic esters (lactones) is 1. The van der Waals surface area contributed by atoms with Gasteiger partial charge in [0.15, 0.2) is 0 Å². The van der Waals surface area contributed by atoms with Gasteiger partial charge in [-0.3, -0.25) is 19.3 Å². The second-order valence-corrected chi connectivity index (χ2v) is 15.9. The first kappa shape index (κ1) is 41.7. The van der Waals surface area contributed by atoms with Crippen LogP contribution in [0, 0.1) is 17.8 Å². The van der Waals surface area contributed by atoms with E-state index in [1.807, 2.05) is 60.7 Å². The number of esters is 1. The highest BCUT2D eigenvalue weighted by Gasteiger charge is 2.76. The SMILES string of the molecule is COCCOC(=O)N1C(=O)[C@@]2(c3cc(C#CC4(O)CCCCCC4)ccc31)[C@H](c1ccc(OCCO)cc1)N1[C@H](c3ccccc3)[C@H](c3ccccc3)OC(=O)[C@H]1[C@@H]2C(=O)O. The predicted octanol–water partition coefficient (Wildman–Crippen LogP) is 6.03. The van der Waals surface area contributed by atoms with Gasteiger partial charge in [-0.15, -0.1) is 0 Å². The molecule has 2 amide bonds. The summed E-state index contributed by atoms with van der Waals surface area (Å²) in [5.41, 5.74) is -1.00. The first-order valence-electron chi connectivity index (χ1n) is 20.7. The Labute approximate surface area is 353 Å². The number of carboxylic acid groups (broad SMARTS) is 1. The summed E-state index contributed by atoms with van der Waals surface area (Å²) in [5, 5.41) is 32.5. The fourth-order valence-corrected chi connectivity index (χ4v) is 9.76. The molecule has 1 aliphatic carbocycles. The minimum Gasteiger partial charge on any atom is -0.491 e. The van der Waals surface area contributed by atoms with Gasteiger partial charge in [-0.05, 0) is 78.3 Å². The van der Waals surface area contributed by atoms with E-state index < -0.39 is 65.1 Å². The Morgan fingerprint density at radius 1 is 0.820 bits per heavy atom. The van der Waals surface area contributed by atoms with E-state index in [1.54, 1.807) is 47.4 Å². The Bertz CT molecular complexity index is 2320. The first-order chi connectivity index (χ1) is 29.6. The number of aliphatic hydroxyl groups excluding tert-OH is 1. The van der Waals surface area contributed by atoms with Gasteiger partial charge in [0.25, 0.3) is 0 Å². The zero-order valence-corrected chi connectivity index (χ0v) is 33.8. The highest BCUT2D eigenvalue weighted by Crippen LogP contribution is 2.66. The number of carboxylic acids is 1. The van der Waals surface area contributed by atoms with Gasteiger partial charge in [0.05, 0.1) is 31.0 Å². The monoisotopic (exact) mass is 828 g/mol. The third-order valence-electron chi connectivity index (χ3n) is 12.3. The number of nitrogens with zero attached hydrogens (tertiary/aromatic N) is 2. The maximum atomic E-state index is 15.8. The number of fused-ring (bicyclic) bond motifs is 3. The van der Waals surface area contributed by atoms with E-state index in [1.165, 1.54) is 7.11 Å². The summed E-state index contributed by atoms with van der Waals surface area (Å²) in [6.45, 7) is -0.362. The van der Waals surface area contributed by atoms with E-state index in [-0.39, 0.29) is 37.7 Å². The molecule has 6 atom stereocenters. The summed E-state index contributed by atoms with van der Waals surface area (Å²) < 4.78 is 22.7. The van der Waals surface area contributed by atoms with Crippen LogP contribution in [0.25, 0.3) is 0 Å². The molecule has 0 bridgehead atoms. The Morgan fingerprint density at radius 2 is 1.49 bits per heavy atom. The van der Waals surface area contributed by atoms with Gasteiger partial charge >= 0.3 is 18.0 Å². The van der Waals surface area contributed by atoms with Crippen LogP contribution in [-0.4, -0.2) is 89.3 Å². The van der Waals surface area contributed by atoms with E-state index in [2.05, 4.69) is 11.8 Å². The van der Waals surface area contributed by atoms with Crippen molar-refractivity contribution in [3.05, 3.63) is 131 Å². The summed E-state index contributed by atoms with van der Waals surface area (Å²) in [6.07, 6.45) is 2.62. The standard InChI is InChI=1S/C48H48N2O11/c1-58-28-29-60-46(56)49-37-21-16-31(22-25-47(57)23-10-2-3-11-24-47)30-36(37)48(45(49)55)38(43(52)53)40-44(54)61-41(33-14-8-5-9-15-33)39(32-12-6-4-7-13-32)50(40)42(48)34-17-19-35(20-18-34)59-27-26-51/h4-9,12-21,30,38-42,51,57H,2-3,10-11,23-24,26-29H2,1H3,(H,52,53)/t38-,39-,40-,41+,42+,48-/m1/s1. The molecular formula is C48H48N2O11. The molecule has 4 aliphatic rings. The van der Waals surface area contributed by atoms with Crippen LogP contribution in [0.5, 0.6) is 5.75 Å². The summed E-state index contributed by atoms with van der Waals surface area (Å²) in [4.78, 5) is 61.7. The fraction of sp³-hybridized carbons (Fsp3) is 0.375. The number of rotatable bonds is 10. The van der Waals surface area contributed by atoms with E-state index in [0.717, 1.165) is 30.6 Å². The Morgan fingerprint density at radius 3 is 2.13 bits per heavy atom. The highest BCUT2D eigenvalue weighted by atomic mass is 16.6. The fourth-order valence-electron chi connectivity index (χ4n) is 9.76. The second-order valence-electron chi connectivity index (χ2n) is 15.9. The normalized spacial score (nSPS) is 25.4. The van der Waals surface area contributed by atoms with Crippen molar-refractivity contribution in [2.75, 3.05) is 38.4 Å². The van der Waals surface area contributed by atoms with Crippen LogP contribution in [0.3, 0.4) is 0 Å². The molecule has 3 fully saturated rings. The zero-order chi connectivity index (χ0) is 42.7. The third kappa shape index (κ3) is 7.54. The summed E-state index contributed by atoms with van der Waals surface area (Å²) >= 11 is 0. The maximum absolute atomic E-state index is 15.8. The van der Waals surface area contributed by atoms with Crippen LogP contribution < -0.4 is 9.64 Å². The molecule has 0 radical (unpaired) electrons. The molecule has 13 nitrogen and oxygen atoms in total. The van der Waals surface area contributed by atoms with E-state index in [9.17, 15) is 29.7 Å². The van der Waals surface area contributed by atoms with Crippen molar-refractivity contribution in [3.63, 3.8) is 0 Å². The molecule has 4 aromatic rings. The molecule has 0 aromatic heterocycles. The van der Waals surface area contributed by atoms with Gasteiger partial charge in [0.2, 0.25) is 5.91 Å². The largest absolute Gasteiger partial charge is 0.491 e. The average molecular weight is 829 g/mol. The van der Waals surface area contributed by atoms with Crippen molar-refractivity contribution in [1.29, 1.82) is 0 Å². The quantitative estimate of drug-likeness (QED) is 0.0735. The van der Waals surface area contributed by atoms with Gasteiger partial charge in [0.1, 0.15) is 48.0 Å². The number of morpholine rings is 1. The summed E-state index contributed by atoms with van der Waals surface area (Å²) in [6, 6.07) is 26.3. The van der Waals surface area contributed by atoms with Crippen LogP contribution in [0.1, 0.15) is 84.5 Å². The molecule has 3 N–H and O–H groups in total. The van der Waals surface area contributed by atoms with E-state index >= 15 is 4.79 Å². The van der Waals surface area contributed by atoms with Gasteiger partial charge in [-0.2, -0.15) is 0 Å². The topological polar surface area (TPSA) is 172 Å². The lowest BCUT2D eigenvalue weighted by molar-refractivity contribution is -0.179. The molecule has 1 spiro atoms. The molecule has 2 saturated heterocycles. The molecule has 3 aliphatic heterocycles. The minimum absolute atomic E-state index is 0.0214. The lowest BCUT2D eigenvalue weighted by Gasteiger charge is -2.46. The number of anilines is 1. The number of amides is 2. The number of aliphatic carboxylic acids is 1. The van der Waals surface area contributed by atoms with Crippen molar-refractivity contribution in [2.45, 2.75) is 73.8 Å². The molecule has 1 saturated carbocycles.